The number of benzene rings is 2. The fourth-order valence-corrected chi connectivity index (χ4v) is 4.22. The van der Waals surface area contributed by atoms with Crippen LogP contribution in [0.2, 0.25) is 0 Å². The number of hydrogen-bond donors (Lipinski definition) is 0. The third kappa shape index (κ3) is 5.22. The number of rotatable bonds is 8. The quantitative estimate of drug-likeness (QED) is 0.447. The first kappa shape index (κ1) is 20.5. The molecule has 1 aromatic heterocycles. The maximum atomic E-state index is 14.6. The van der Waals surface area contributed by atoms with Crippen LogP contribution in [-0.2, 0) is 6.54 Å². The van der Waals surface area contributed by atoms with Crippen LogP contribution in [0.1, 0.15) is 48.4 Å². The van der Waals surface area contributed by atoms with Crippen molar-refractivity contribution in [3.05, 3.63) is 78.3 Å². The molecule has 5 heteroatoms. The zero-order valence-electron chi connectivity index (χ0n) is 17.1. The molecule has 0 amide bonds. The van der Waals surface area contributed by atoms with Gasteiger partial charge in [-0.05, 0) is 61.9 Å². The molecule has 0 N–H and O–H groups in total. The molecule has 0 radical (unpaired) electrons. The Morgan fingerprint density at radius 3 is 2.63 bits per heavy atom. The summed E-state index contributed by atoms with van der Waals surface area (Å²) in [5.74, 6) is 0.689. The lowest BCUT2D eigenvalue weighted by Gasteiger charge is -2.32. The van der Waals surface area contributed by atoms with E-state index >= 15 is 0 Å². The van der Waals surface area contributed by atoms with Crippen LogP contribution in [0.3, 0.4) is 0 Å². The van der Waals surface area contributed by atoms with Gasteiger partial charge in [-0.15, -0.1) is 0 Å². The minimum Gasteiger partial charge on any atom is -0.442 e. The molecule has 2 heterocycles. The summed E-state index contributed by atoms with van der Waals surface area (Å²) >= 11 is 0. The molecule has 156 valence electrons. The van der Waals surface area contributed by atoms with E-state index in [1.165, 1.54) is 12.5 Å². The third-order valence-electron chi connectivity index (χ3n) is 5.92. The van der Waals surface area contributed by atoms with Gasteiger partial charge in [-0.2, -0.15) is 0 Å². The van der Waals surface area contributed by atoms with E-state index in [1.54, 1.807) is 6.07 Å². The monoisotopic (exact) mass is 406 g/mol. The summed E-state index contributed by atoms with van der Waals surface area (Å²) in [6, 6.07) is 15.2. The van der Waals surface area contributed by atoms with Gasteiger partial charge in [0.1, 0.15) is 12.1 Å². The Labute approximate surface area is 176 Å². The van der Waals surface area contributed by atoms with Crippen LogP contribution in [-0.4, -0.2) is 28.8 Å². The average Bonchev–Trinajstić information content (AvgIpc) is 3.31. The van der Waals surface area contributed by atoms with Gasteiger partial charge in [0.05, 0.1) is 6.20 Å². The molecule has 0 aliphatic carbocycles. The lowest BCUT2D eigenvalue weighted by atomic mass is 9.91. The largest absolute Gasteiger partial charge is 0.442 e. The molecule has 1 saturated heterocycles. The first-order chi connectivity index (χ1) is 14.7. The van der Waals surface area contributed by atoms with Crippen molar-refractivity contribution < 1.29 is 13.6 Å². The van der Waals surface area contributed by atoms with Crippen molar-refractivity contribution in [2.24, 2.45) is 5.92 Å². The summed E-state index contributed by atoms with van der Waals surface area (Å²) in [5.41, 5.74) is 2.57. The van der Waals surface area contributed by atoms with Gasteiger partial charge < -0.3 is 4.42 Å². The molecule has 0 saturated carbocycles. The standard InChI is InChI=1S/C25H27FN2O2/c26-23-17-20(9-10-22(23)21-6-2-1-3-7-21)18-28-14-11-19(12-15-28)5-4-8-24(29)25-27-13-16-30-25/h1-3,6-7,9-10,13,16-17,19H,4-5,8,11-12,14-15,18H2. The number of Topliss-reactive ketones (excluding diaryl/α,β-unsaturated/α-hetero) is 1. The predicted molar refractivity (Wildman–Crippen MR) is 115 cm³/mol. The molecular formula is C25H27FN2O2. The zero-order valence-corrected chi connectivity index (χ0v) is 17.1. The van der Waals surface area contributed by atoms with Crippen LogP contribution in [0.15, 0.2) is 65.4 Å². The summed E-state index contributed by atoms with van der Waals surface area (Å²) in [6.45, 7) is 2.81. The van der Waals surface area contributed by atoms with E-state index in [-0.39, 0.29) is 17.5 Å². The fourth-order valence-electron chi connectivity index (χ4n) is 4.22. The molecule has 4 rings (SSSR count). The van der Waals surface area contributed by atoms with Gasteiger partial charge in [0.15, 0.2) is 0 Å². The van der Waals surface area contributed by atoms with Gasteiger partial charge in [0, 0.05) is 18.5 Å². The molecule has 4 nitrogen and oxygen atoms in total. The molecule has 3 aromatic rings. The van der Waals surface area contributed by atoms with Crippen molar-refractivity contribution in [3.63, 3.8) is 0 Å². The van der Waals surface area contributed by atoms with Crippen molar-refractivity contribution in [2.75, 3.05) is 13.1 Å². The van der Waals surface area contributed by atoms with Crippen LogP contribution in [0.5, 0.6) is 0 Å². The van der Waals surface area contributed by atoms with Crippen LogP contribution in [0, 0.1) is 11.7 Å². The number of carbonyl (C=O) groups excluding carboxylic acids is 1. The van der Waals surface area contributed by atoms with E-state index in [1.807, 2.05) is 42.5 Å². The van der Waals surface area contributed by atoms with E-state index < -0.39 is 0 Å². The normalized spacial score (nSPS) is 15.4. The molecule has 0 bridgehead atoms. The maximum absolute atomic E-state index is 14.6. The van der Waals surface area contributed by atoms with E-state index in [0.29, 0.717) is 17.9 Å². The summed E-state index contributed by atoms with van der Waals surface area (Å²) in [6.07, 6.45) is 7.61. The van der Waals surface area contributed by atoms with E-state index in [4.69, 9.17) is 4.42 Å². The highest BCUT2D eigenvalue weighted by Crippen LogP contribution is 2.26. The second kappa shape index (κ2) is 9.81. The van der Waals surface area contributed by atoms with Crippen LogP contribution in [0.4, 0.5) is 4.39 Å². The topological polar surface area (TPSA) is 46.3 Å². The highest BCUT2D eigenvalue weighted by molar-refractivity contribution is 5.91. The van der Waals surface area contributed by atoms with Gasteiger partial charge in [-0.3, -0.25) is 9.69 Å². The summed E-state index contributed by atoms with van der Waals surface area (Å²) in [4.78, 5) is 18.3. The molecule has 0 atom stereocenters. The lowest BCUT2D eigenvalue weighted by molar-refractivity contribution is 0.0940. The fraction of sp³-hybridized carbons (Fsp3) is 0.360. The minimum absolute atomic E-state index is 0.0154. The maximum Gasteiger partial charge on any atom is 0.263 e. The van der Waals surface area contributed by atoms with Gasteiger partial charge in [0.2, 0.25) is 5.78 Å². The highest BCUT2D eigenvalue weighted by atomic mass is 19.1. The number of carbonyl (C=O) groups is 1. The second-order valence-electron chi connectivity index (χ2n) is 8.05. The molecule has 1 aliphatic heterocycles. The van der Waals surface area contributed by atoms with Gasteiger partial charge >= 0.3 is 0 Å². The molecule has 1 fully saturated rings. The van der Waals surface area contributed by atoms with Gasteiger partial charge in [-0.25, -0.2) is 9.37 Å². The number of piperidine rings is 1. The van der Waals surface area contributed by atoms with Crippen molar-refractivity contribution in [1.29, 1.82) is 0 Å². The Bertz CT molecular complexity index is 949. The molecular weight excluding hydrogens is 379 g/mol. The van der Waals surface area contributed by atoms with Gasteiger partial charge in [0.25, 0.3) is 5.89 Å². The van der Waals surface area contributed by atoms with Crippen molar-refractivity contribution in [2.45, 2.75) is 38.6 Å². The first-order valence-corrected chi connectivity index (χ1v) is 10.7. The lowest BCUT2D eigenvalue weighted by Crippen LogP contribution is -2.33. The van der Waals surface area contributed by atoms with E-state index in [0.717, 1.165) is 56.4 Å². The molecule has 30 heavy (non-hydrogen) atoms. The number of hydrogen-bond acceptors (Lipinski definition) is 4. The Morgan fingerprint density at radius 2 is 1.93 bits per heavy atom. The van der Waals surface area contributed by atoms with Gasteiger partial charge in [-0.1, -0.05) is 42.5 Å². The number of likely N-dealkylation sites (tertiary alicyclic amines) is 1. The molecule has 0 unspecified atom stereocenters. The van der Waals surface area contributed by atoms with Crippen molar-refractivity contribution in [1.82, 2.24) is 9.88 Å². The van der Waals surface area contributed by atoms with Crippen LogP contribution < -0.4 is 0 Å². The molecule has 2 aromatic carbocycles. The molecule has 1 aliphatic rings. The number of ketones is 1. The average molecular weight is 407 g/mol. The van der Waals surface area contributed by atoms with Crippen LogP contribution in [0.25, 0.3) is 11.1 Å². The Hall–Kier alpha value is -2.79. The highest BCUT2D eigenvalue weighted by Gasteiger charge is 2.20. The first-order valence-electron chi connectivity index (χ1n) is 10.7. The van der Waals surface area contributed by atoms with E-state index in [9.17, 15) is 9.18 Å². The minimum atomic E-state index is -0.163. The van der Waals surface area contributed by atoms with Crippen molar-refractivity contribution in [3.8, 4) is 11.1 Å². The number of aromatic nitrogens is 1. The summed E-state index contributed by atoms with van der Waals surface area (Å²) < 4.78 is 19.7. The predicted octanol–water partition coefficient (Wildman–Crippen LogP) is 5.75. The Morgan fingerprint density at radius 1 is 1.13 bits per heavy atom. The SMILES string of the molecule is O=C(CCCC1CCN(Cc2ccc(-c3ccccc3)c(F)c2)CC1)c1ncco1. The Balaban J connectivity index is 1.22. The number of nitrogens with zero attached hydrogens (tertiary/aromatic N) is 2. The summed E-state index contributed by atoms with van der Waals surface area (Å²) in [5, 5.41) is 0. The second-order valence-corrected chi connectivity index (χ2v) is 8.05. The smallest absolute Gasteiger partial charge is 0.263 e. The number of oxazole rings is 1. The van der Waals surface area contributed by atoms with Crippen molar-refractivity contribution >= 4 is 5.78 Å². The summed E-state index contributed by atoms with van der Waals surface area (Å²) in [7, 11) is 0. The van der Waals surface area contributed by atoms with Crippen LogP contribution >= 0.6 is 0 Å². The third-order valence-corrected chi connectivity index (χ3v) is 5.92. The molecule has 0 spiro atoms. The number of halogens is 1. The zero-order chi connectivity index (χ0) is 20.8. The Kier molecular flexibility index (Phi) is 6.70. The van der Waals surface area contributed by atoms with E-state index in [2.05, 4.69) is 9.88 Å².